The number of rotatable bonds is 6. The highest BCUT2D eigenvalue weighted by Gasteiger charge is 2.03. The van der Waals surface area contributed by atoms with E-state index in [4.69, 9.17) is 5.11 Å². The molecular weight excluding hydrogens is 176 g/mol. The summed E-state index contributed by atoms with van der Waals surface area (Å²) in [5.41, 5.74) is 1.12. The Morgan fingerprint density at radius 3 is 2.57 bits per heavy atom. The van der Waals surface area contributed by atoms with Gasteiger partial charge in [-0.25, -0.2) is 0 Å². The standard InChI is InChI=1S/C11H18N2O/c1-12-11(7-8-14)9-13-10-5-3-2-4-6-10/h2-6,11-14H,7-9H2,1H3/t11-/m0/s1. The maximum Gasteiger partial charge on any atom is 0.0446 e. The summed E-state index contributed by atoms with van der Waals surface area (Å²) in [4.78, 5) is 0. The van der Waals surface area contributed by atoms with Crippen LogP contribution in [0, 0.1) is 0 Å². The van der Waals surface area contributed by atoms with Crippen LogP contribution in [-0.2, 0) is 0 Å². The number of hydrogen-bond acceptors (Lipinski definition) is 3. The van der Waals surface area contributed by atoms with Gasteiger partial charge in [-0.3, -0.25) is 0 Å². The molecule has 0 aromatic heterocycles. The van der Waals surface area contributed by atoms with Crippen molar-refractivity contribution in [2.75, 3.05) is 25.5 Å². The molecule has 0 saturated heterocycles. The normalized spacial score (nSPS) is 12.4. The first-order chi connectivity index (χ1) is 6.86. The second-order valence-corrected chi connectivity index (χ2v) is 3.24. The number of aliphatic hydroxyl groups excluding tert-OH is 1. The van der Waals surface area contributed by atoms with E-state index in [1.54, 1.807) is 0 Å². The van der Waals surface area contributed by atoms with Gasteiger partial charge in [0, 0.05) is 24.9 Å². The molecule has 0 radical (unpaired) electrons. The Bertz CT molecular complexity index is 238. The molecule has 1 aromatic rings. The van der Waals surface area contributed by atoms with Crippen molar-refractivity contribution >= 4 is 5.69 Å². The zero-order valence-electron chi connectivity index (χ0n) is 8.53. The van der Waals surface area contributed by atoms with Crippen molar-refractivity contribution in [1.29, 1.82) is 0 Å². The van der Waals surface area contributed by atoms with Gasteiger partial charge in [0.1, 0.15) is 0 Å². The molecule has 0 spiro atoms. The lowest BCUT2D eigenvalue weighted by Gasteiger charge is -2.16. The Kier molecular flexibility index (Phi) is 5.04. The number of nitrogens with one attached hydrogen (secondary N) is 2. The summed E-state index contributed by atoms with van der Waals surface area (Å²) in [6.45, 7) is 1.06. The van der Waals surface area contributed by atoms with Crippen LogP contribution in [0.3, 0.4) is 0 Å². The summed E-state index contributed by atoms with van der Waals surface area (Å²) in [5, 5.41) is 15.3. The van der Waals surface area contributed by atoms with E-state index in [-0.39, 0.29) is 6.61 Å². The lowest BCUT2D eigenvalue weighted by atomic mass is 10.2. The zero-order valence-corrected chi connectivity index (χ0v) is 8.53. The van der Waals surface area contributed by atoms with Crippen LogP contribution < -0.4 is 10.6 Å². The number of para-hydroxylation sites is 1. The van der Waals surface area contributed by atoms with E-state index in [2.05, 4.69) is 10.6 Å². The Morgan fingerprint density at radius 1 is 1.29 bits per heavy atom. The van der Waals surface area contributed by atoms with E-state index >= 15 is 0 Å². The molecule has 0 aliphatic rings. The van der Waals surface area contributed by atoms with Crippen LogP contribution in [0.2, 0.25) is 0 Å². The first-order valence-corrected chi connectivity index (χ1v) is 4.94. The van der Waals surface area contributed by atoms with Gasteiger partial charge >= 0.3 is 0 Å². The fourth-order valence-electron chi connectivity index (χ4n) is 1.30. The number of benzene rings is 1. The smallest absolute Gasteiger partial charge is 0.0446 e. The molecular formula is C11H18N2O. The average Bonchev–Trinajstić information content (AvgIpc) is 2.25. The summed E-state index contributed by atoms with van der Waals surface area (Å²) in [5.74, 6) is 0. The monoisotopic (exact) mass is 194 g/mol. The molecule has 1 rings (SSSR count). The second-order valence-electron chi connectivity index (χ2n) is 3.24. The zero-order chi connectivity index (χ0) is 10.2. The van der Waals surface area contributed by atoms with Crippen molar-refractivity contribution in [2.24, 2.45) is 0 Å². The fraction of sp³-hybridized carbons (Fsp3) is 0.455. The summed E-state index contributed by atoms with van der Waals surface area (Å²) in [6, 6.07) is 10.4. The molecule has 0 aliphatic heterocycles. The van der Waals surface area contributed by atoms with Crippen LogP contribution in [-0.4, -0.2) is 31.3 Å². The molecule has 0 fully saturated rings. The molecule has 78 valence electrons. The maximum atomic E-state index is 8.80. The largest absolute Gasteiger partial charge is 0.396 e. The molecule has 1 aromatic carbocycles. The predicted octanol–water partition coefficient (Wildman–Crippen LogP) is 1.07. The Hall–Kier alpha value is -1.06. The molecule has 0 saturated carbocycles. The molecule has 1 atom stereocenters. The molecule has 3 nitrogen and oxygen atoms in total. The Balaban J connectivity index is 2.32. The number of aliphatic hydroxyl groups is 1. The molecule has 14 heavy (non-hydrogen) atoms. The Labute approximate surface area is 85.2 Å². The van der Waals surface area contributed by atoms with Gasteiger partial charge in [0.15, 0.2) is 0 Å². The van der Waals surface area contributed by atoms with Gasteiger partial charge in [-0.1, -0.05) is 18.2 Å². The highest BCUT2D eigenvalue weighted by atomic mass is 16.3. The van der Waals surface area contributed by atoms with E-state index < -0.39 is 0 Å². The minimum absolute atomic E-state index is 0.224. The van der Waals surface area contributed by atoms with Crippen LogP contribution in [0.15, 0.2) is 30.3 Å². The molecule has 0 bridgehead atoms. The van der Waals surface area contributed by atoms with Crippen molar-refractivity contribution in [1.82, 2.24) is 5.32 Å². The van der Waals surface area contributed by atoms with Crippen LogP contribution in [0.1, 0.15) is 6.42 Å². The summed E-state index contributed by atoms with van der Waals surface area (Å²) in [6.07, 6.45) is 0.774. The average molecular weight is 194 g/mol. The SMILES string of the molecule is CN[C@@H](CCO)CNc1ccccc1. The first kappa shape index (κ1) is 11.0. The molecule has 3 heteroatoms. The van der Waals surface area contributed by atoms with Gasteiger partial charge in [0.05, 0.1) is 0 Å². The van der Waals surface area contributed by atoms with Gasteiger partial charge in [0.25, 0.3) is 0 Å². The van der Waals surface area contributed by atoms with Crippen molar-refractivity contribution < 1.29 is 5.11 Å². The van der Waals surface area contributed by atoms with Crippen LogP contribution in [0.4, 0.5) is 5.69 Å². The third-order valence-corrected chi connectivity index (χ3v) is 2.21. The quantitative estimate of drug-likeness (QED) is 0.634. The Morgan fingerprint density at radius 2 is 2.00 bits per heavy atom. The minimum Gasteiger partial charge on any atom is -0.396 e. The van der Waals surface area contributed by atoms with E-state index in [0.717, 1.165) is 18.7 Å². The maximum absolute atomic E-state index is 8.80. The number of hydrogen-bond donors (Lipinski definition) is 3. The molecule has 0 aliphatic carbocycles. The third kappa shape index (κ3) is 3.77. The van der Waals surface area contributed by atoms with Gasteiger partial charge < -0.3 is 15.7 Å². The van der Waals surface area contributed by atoms with E-state index in [0.29, 0.717) is 6.04 Å². The highest BCUT2D eigenvalue weighted by molar-refractivity contribution is 5.42. The number of anilines is 1. The first-order valence-electron chi connectivity index (χ1n) is 4.94. The van der Waals surface area contributed by atoms with Gasteiger partial charge in [0.2, 0.25) is 0 Å². The van der Waals surface area contributed by atoms with Crippen molar-refractivity contribution in [3.8, 4) is 0 Å². The van der Waals surface area contributed by atoms with E-state index in [1.807, 2.05) is 37.4 Å². The fourth-order valence-corrected chi connectivity index (χ4v) is 1.30. The van der Waals surface area contributed by atoms with E-state index in [9.17, 15) is 0 Å². The van der Waals surface area contributed by atoms with Gasteiger partial charge in [-0.15, -0.1) is 0 Å². The van der Waals surface area contributed by atoms with Crippen molar-refractivity contribution in [3.63, 3.8) is 0 Å². The predicted molar refractivity (Wildman–Crippen MR) is 59.5 cm³/mol. The van der Waals surface area contributed by atoms with Crippen molar-refractivity contribution in [2.45, 2.75) is 12.5 Å². The minimum atomic E-state index is 0.224. The lowest BCUT2D eigenvalue weighted by Crippen LogP contribution is -2.33. The topological polar surface area (TPSA) is 44.3 Å². The molecule has 0 amide bonds. The lowest BCUT2D eigenvalue weighted by molar-refractivity contribution is 0.270. The van der Waals surface area contributed by atoms with Crippen LogP contribution in [0.5, 0.6) is 0 Å². The van der Waals surface area contributed by atoms with Gasteiger partial charge in [-0.05, 0) is 25.6 Å². The molecule has 0 unspecified atom stereocenters. The molecule has 0 heterocycles. The number of likely N-dealkylation sites (N-methyl/N-ethyl adjacent to an activating group) is 1. The van der Waals surface area contributed by atoms with E-state index in [1.165, 1.54) is 0 Å². The summed E-state index contributed by atoms with van der Waals surface area (Å²) in [7, 11) is 1.91. The molecule has 3 N–H and O–H groups in total. The van der Waals surface area contributed by atoms with Crippen LogP contribution in [0.25, 0.3) is 0 Å². The highest BCUT2D eigenvalue weighted by Crippen LogP contribution is 2.05. The van der Waals surface area contributed by atoms with Gasteiger partial charge in [-0.2, -0.15) is 0 Å². The second kappa shape index (κ2) is 6.40. The third-order valence-electron chi connectivity index (χ3n) is 2.21. The summed E-state index contributed by atoms with van der Waals surface area (Å²) >= 11 is 0. The van der Waals surface area contributed by atoms with Crippen LogP contribution >= 0.6 is 0 Å². The summed E-state index contributed by atoms with van der Waals surface area (Å²) < 4.78 is 0. The van der Waals surface area contributed by atoms with Crippen molar-refractivity contribution in [3.05, 3.63) is 30.3 Å².